The van der Waals surface area contributed by atoms with Crippen molar-refractivity contribution in [2.45, 2.75) is 6.04 Å². The fraction of sp³-hybridized carbons (Fsp3) is 0.400. The van der Waals surface area contributed by atoms with Gasteiger partial charge in [-0.2, -0.15) is 0 Å². The maximum atomic E-state index is 5.91. The molecule has 1 aromatic carbocycles. The molecule has 0 saturated heterocycles. The first-order chi connectivity index (χ1) is 6.72. The Balaban J connectivity index is 3.08. The lowest BCUT2D eigenvalue weighted by atomic mass is 10.1. The Kier molecular flexibility index (Phi) is 4.20. The van der Waals surface area contributed by atoms with Gasteiger partial charge in [-0.15, -0.1) is 0 Å². The molecule has 1 atom stereocenters. The van der Waals surface area contributed by atoms with E-state index in [1.54, 1.807) is 13.2 Å². The van der Waals surface area contributed by atoms with Crippen LogP contribution in [0.15, 0.2) is 18.2 Å². The third kappa shape index (κ3) is 2.38. The lowest BCUT2D eigenvalue weighted by molar-refractivity contribution is 0.402. The number of ether oxygens (including phenoxy) is 1. The molecule has 0 saturated carbocycles. The van der Waals surface area contributed by atoms with E-state index in [-0.39, 0.29) is 6.04 Å². The van der Waals surface area contributed by atoms with E-state index in [1.807, 2.05) is 19.2 Å². The molecular formula is C10H15ClN2O. The Morgan fingerprint density at radius 2 is 2.29 bits per heavy atom. The van der Waals surface area contributed by atoms with Crippen molar-refractivity contribution < 1.29 is 4.74 Å². The van der Waals surface area contributed by atoms with Crippen molar-refractivity contribution in [3.63, 3.8) is 0 Å². The molecule has 1 unspecified atom stereocenters. The van der Waals surface area contributed by atoms with Crippen molar-refractivity contribution in [1.82, 2.24) is 5.32 Å². The molecule has 0 aliphatic carbocycles. The van der Waals surface area contributed by atoms with Gasteiger partial charge in [0.1, 0.15) is 5.75 Å². The quantitative estimate of drug-likeness (QED) is 0.800. The lowest BCUT2D eigenvalue weighted by Gasteiger charge is -2.17. The van der Waals surface area contributed by atoms with Crippen molar-refractivity contribution in [3.8, 4) is 5.75 Å². The summed E-state index contributed by atoms with van der Waals surface area (Å²) in [5.74, 6) is 0.805. The lowest BCUT2D eigenvalue weighted by Crippen LogP contribution is -2.25. The summed E-state index contributed by atoms with van der Waals surface area (Å²) < 4.78 is 5.23. The van der Waals surface area contributed by atoms with Crippen molar-refractivity contribution >= 4 is 11.6 Å². The Labute approximate surface area is 89.2 Å². The van der Waals surface area contributed by atoms with Crippen LogP contribution in [0.1, 0.15) is 11.6 Å². The predicted octanol–water partition coefficient (Wildman–Crippen LogP) is 1.57. The first kappa shape index (κ1) is 11.3. The Hall–Kier alpha value is -0.770. The van der Waals surface area contributed by atoms with Crippen LogP contribution in [0.25, 0.3) is 0 Å². The Morgan fingerprint density at radius 1 is 1.57 bits per heavy atom. The van der Waals surface area contributed by atoms with Crippen molar-refractivity contribution in [3.05, 3.63) is 28.8 Å². The average Bonchev–Trinajstić information content (AvgIpc) is 2.20. The number of rotatable bonds is 4. The highest BCUT2D eigenvalue weighted by Gasteiger charge is 2.12. The maximum absolute atomic E-state index is 5.91. The van der Waals surface area contributed by atoms with Gasteiger partial charge < -0.3 is 15.8 Å². The van der Waals surface area contributed by atoms with E-state index < -0.39 is 0 Å². The largest absolute Gasteiger partial charge is 0.496 e. The zero-order valence-electron chi connectivity index (χ0n) is 8.38. The monoisotopic (exact) mass is 214 g/mol. The van der Waals surface area contributed by atoms with Crippen LogP contribution in [0, 0.1) is 0 Å². The molecule has 0 radical (unpaired) electrons. The summed E-state index contributed by atoms with van der Waals surface area (Å²) in [7, 11) is 3.49. The van der Waals surface area contributed by atoms with Gasteiger partial charge in [0, 0.05) is 23.2 Å². The second-order valence-electron chi connectivity index (χ2n) is 2.96. The molecule has 0 spiro atoms. The number of hydrogen-bond donors (Lipinski definition) is 2. The van der Waals surface area contributed by atoms with E-state index in [0.29, 0.717) is 11.6 Å². The van der Waals surface area contributed by atoms with Crippen LogP contribution in [0.3, 0.4) is 0 Å². The molecule has 3 N–H and O–H groups in total. The zero-order valence-corrected chi connectivity index (χ0v) is 9.14. The number of likely N-dealkylation sites (N-methyl/N-ethyl adjacent to an activating group) is 1. The van der Waals surface area contributed by atoms with Crippen molar-refractivity contribution in [1.29, 1.82) is 0 Å². The summed E-state index contributed by atoms with van der Waals surface area (Å²) in [5.41, 5.74) is 6.62. The number of nitrogens with two attached hydrogens (primary N) is 1. The predicted molar refractivity (Wildman–Crippen MR) is 58.9 cm³/mol. The molecule has 78 valence electrons. The van der Waals surface area contributed by atoms with E-state index in [1.165, 1.54) is 0 Å². The third-order valence-electron chi connectivity index (χ3n) is 2.15. The van der Waals surface area contributed by atoms with Gasteiger partial charge in [0.05, 0.1) is 7.11 Å². The van der Waals surface area contributed by atoms with E-state index in [0.717, 1.165) is 11.3 Å². The molecule has 1 rings (SSSR count). The summed E-state index contributed by atoms with van der Waals surface area (Å²) in [4.78, 5) is 0. The maximum Gasteiger partial charge on any atom is 0.123 e. The molecule has 1 aromatic rings. The molecular weight excluding hydrogens is 200 g/mol. The molecule has 0 aliphatic rings. The Bertz CT molecular complexity index is 300. The van der Waals surface area contributed by atoms with E-state index >= 15 is 0 Å². The standard InChI is InChI=1S/C10H15ClN2O/c1-13-9(6-12)8-5-7(11)3-4-10(8)14-2/h3-5,9,13H,6,12H2,1-2H3. The van der Waals surface area contributed by atoms with Gasteiger partial charge in [-0.3, -0.25) is 0 Å². The number of hydrogen-bond acceptors (Lipinski definition) is 3. The van der Waals surface area contributed by atoms with Crippen LogP contribution in [-0.2, 0) is 0 Å². The number of nitrogens with one attached hydrogen (secondary N) is 1. The van der Waals surface area contributed by atoms with Crippen molar-refractivity contribution in [2.24, 2.45) is 5.73 Å². The molecule has 14 heavy (non-hydrogen) atoms. The normalized spacial score (nSPS) is 12.6. The number of benzene rings is 1. The molecule has 0 aliphatic heterocycles. The summed E-state index contributed by atoms with van der Waals surface area (Å²) in [6.07, 6.45) is 0. The highest BCUT2D eigenvalue weighted by Crippen LogP contribution is 2.27. The molecule has 4 heteroatoms. The molecule has 0 heterocycles. The van der Waals surface area contributed by atoms with Gasteiger partial charge in [-0.05, 0) is 25.2 Å². The SMILES string of the molecule is CNC(CN)c1cc(Cl)ccc1OC. The average molecular weight is 215 g/mol. The Morgan fingerprint density at radius 3 is 2.79 bits per heavy atom. The second-order valence-corrected chi connectivity index (χ2v) is 3.40. The highest BCUT2D eigenvalue weighted by molar-refractivity contribution is 6.30. The second kappa shape index (κ2) is 5.20. The smallest absolute Gasteiger partial charge is 0.123 e. The van der Waals surface area contributed by atoms with Gasteiger partial charge >= 0.3 is 0 Å². The zero-order chi connectivity index (χ0) is 10.6. The number of halogens is 1. The van der Waals surface area contributed by atoms with Crippen LogP contribution in [-0.4, -0.2) is 20.7 Å². The van der Waals surface area contributed by atoms with Gasteiger partial charge in [0.2, 0.25) is 0 Å². The van der Waals surface area contributed by atoms with Gasteiger partial charge in [-0.1, -0.05) is 11.6 Å². The first-order valence-corrected chi connectivity index (χ1v) is 4.81. The fourth-order valence-corrected chi connectivity index (χ4v) is 1.56. The van der Waals surface area contributed by atoms with Gasteiger partial charge in [0.25, 0.3) is 0 Å². The minimum atomic E-state index is 0.0728. The van der Waals surface area contributed by atoms with E-state index in [2.05, 4.69) is 5.32 Å². The fourth-order valence-electron chi connectivity index (χ4n) is 1.38. The molecule has 0 bridgehead atoms. The summed E-state index contributed by atoms with van der Waals surface area (Å²) >= 11 is 5.91. The minimum Gasteiger partial charge on any atom is -0.496 e. The van der Waals surface area contributed by atoms with Crippen molar-refractivity contribution in [2.75, 3.05) is 20.7 Å². The van der Waals surface area contributed by atoms with Crippen LogP contribution in [0.5, 0.6) is 5.75 Å². The molecule has 0 aromatic heterocycles. The van der Waals surface area contributed by atoms with E-state index in [9.17, 15) is 0 Å². The van der Waals surface area contributed by atoms with E-state index in [4.69, 9.17) is 22.1 Å². The van der Waals surface area contributed by atoms with Gasteiger partial charge in [-0.25, -0.2) is 0 Å². The summed E-state index contributed by atoms with van der Waals surface area (Å²) in [5, 5.41) is 3.80. The van der Waals surface area contributed by atoms with Gasteiger partial charge in [0.15, 0.2) is 0 Å². The third-order valence-corrected chi connectivity index (χ3v) is 2.39. The molecule has 0 amide bonds. The highest BCUT2D eigenvalue weighted by atomic mass is 35.5. The van der Waals surface area contributed by atoms with Crippen LogP contribution < -0.4 is 15.8 Å². The molecule has 0 fully saturated rings. The first-order valence-electron chi connectivity index (χ1n) is 4.43. The topological polar surface area (TPSA) is 47.3 Å². The van der Waals surface area contributed by atoms with Crippen LogP contribution in [0.2, 0.25) is 5.02 Å². The summed E-state index contributed by atoms with van der Waals surface area (Å²) in [6, 6.07) is 5.59. The number of methoxy groups -OCH3 is 1. The minimum absolute atomic E-state index is 0.0728. The van der Waals surface area contributed by atoms with Crippen LogP contribution in [0.4, 0.5) is 0 Å². The molecule has 3 nitrogen and oxygen atoms in total. The van der Waals surface area contributed by atoms with Crippen LogP contribution >= 0.6 is 11.6 Å². The summed E-state index contributed by atoms with van der Waals surface area (Å²) in [6.45, 7) is 0.507.